The van der Waals surface area contributed by atoms with Gasteiger partial charge in [0.1, 0.15) is 0 Å². The summed E-state index contributed by atoms with van der Waals surface area (Å²) in [7, 11) is 0. The number of aromatic nitrogens is 1. The topological polar surface area (TPSA) is 80.8 Å². The molecule has 0 saturated carbocycles. The Morgan fingerprint density at radius 2 is 2.03 bits per heavy atom. The van der Waals surface area contributed by atoms with Gasteiger partial charge in [-0.3, -0.25) is 14.7 Å². The van der Waals surface area contributed by atoms with Crippen LogP contribution in [-0.2, 0) is 12.3 Å². The van der Waals surface area contributed by atoms with Crippen LogP contribution >= 0.6 is 35.3 Å². The Morgan fingerprint density at radius 3 is 2.79 bits per heavy atom. The SMILES string of the molecule is CCn1c(O)c(C=C=C2Oc3ccccc3N2CCSCc2ccccc2[N+](=O)[O-])sc1=S. The summed E-state index contributed by atoms with van der Waals surface area (Å²) in [5.74, 6) is 2.67. The third kappa shape index (κ3) is 4.99. The number of rotatable bonds is 8. The summed E-state index contributed by atoms with van der Waals surface area (Å²) < 4.78 is 8.27. The summed E-state index contributed by atoms with van der Waals surface area (Å²) in [6, 6.07) is 14.5. The van der Waals surface area contributed by atoms with Crippen LogP contribution in [0.4, 0.5) is 11.4 Å². The summed E-state index contributed by atoms with van der Waals surface area (Å²) >= 11 is 8.24. The van der Waals surface area contributed by atoms with Crippen LogP contribution in [0, 0.1) is 14.1 Å². The maximum absolute atomic E-state index is 11.2. The molecule has 10 heteroatoms. The molecule has 2 aromatic carbocycles. The van der Waals surface area contributed by atoms with Gasteiger partial charge in [0.15, 0.2) is 9.70 Å². The van der Waals surface area contributed by atoms with Gasteiger partial charge in [0.2, 0.25) is 11.8 Å². The number of thioether (sulfide) groups is 1. The Morgan fingerprint density at radius 1 is 1.27 bits per heavy atom. The maximum atomic E-state index is 11.2. The third-order valence-corrected chi connectivity index (χ3v) is 7.42. The minimum absolute atomic E-state index is 0.127. The van der Waals surface area contributed by atoms with E-state index in [0.717, 1.165) is 17.2 Å². The predicted octanol–water partition coefficient (Wildman–Crippen LogP) is 6.20. The van der Waals surface area contributed by atoms with E-state index < -0.39 is 0 Å². The lowest BCUT2D eigenvalue weighted by atomic mass is 10.2. The van der Waals surface area contributed by atoms with E-state index in [4.69, 9.17) is 17.0 Å². The molecule has 0 saturated heterocycles. The molecule has 1 N–H and O–H groups in total. The maximum Gasteiger partial charge on any atom is 0.273 e. The second-order valence-corrected chi connectivity index (χ2v) is 9.83. The van der Waals surface area contributed by atoms with Gasteiger partial charge in [0.25, 0.3) is 5.69 Å². The fourth-order valence-corrected chi connectivity index (χ4v) is 5.67. The zero-order valence-corrected chi connectivity index (χ0v) is 20.2. The van der Waals surface area contributed by atoms with Gasteiger partial charge >= 0.3 is 0 Å². The minimum Gasteiger partial charge on any atom is -0.493 e. The van der Waals surface area contributed by atoms with Gasteiger partial charge in [-0.05, 0) is 31.3 Å². The fraction of sp³-hybridized carbons (Fsp3) is 0.217. The molecule has 0 radical (unpaired) electrons. The number of nitro benzene ring substituents is 1. The van der Waals surface area contributed by atoms with Crippen molar-refractivity contribution in [1.82, 2.24) is 4.57 Å². The highest BCUT2D eigenvalue weighted by Crippen LogP contribution is 2.38. The lowest BCUT2D eigenvalue weighted by Crippen LogP contribution is -2.22. The molecular formula is C23H21N3O4S3. The van der Waals surface area contributed by atoms with Crippen LogP contribution in [0.5, 0.6) is 11.6 Å². The van der Waals surface area contributed by atoms with Gasteiger partial charge in [0.05, 0.1) is 15.5 Å². The number of anilines is 1. The first-order chi connectivity index (χ1) is 16.0. The average molecular weight is 500 g/mol. The molecule has 0 spiro atoms. The number of hydrogen-bond acceptors (Lipinski definition) is 8. The van der Waals surface area contributed by atoms with Gasteiger partial charge < -0.3 is 14.7 Å². The standard InChI is InChI=1S/C23H21N3O4S3/c1-2-24-22(27)20(33-23(24)31)11-12-21-25(18-9-5-6-10-19(18)30-21)13-14-32-15-16-7-3-4-8-17(16)26(28)29/h3-11,27H,2,13-15H2,1H3. The summed E-state index contributed by atoms with van der Waals surface area (Å²) in [5.41, 5.74) is 4.95. The van der Waals surface area contributed by atoms with Crippen molar-refractivity contribution < 1.29 is 14.8 Å². The second kappa shape index (κ2) is 10.3. The Labute approximate surface area is 204 Å². The van der Waals surface area contributed by atoms with Crippen LogP contribution in [0.25, 0.3) is 6.08 Å². The van der Waals surface area contributed by atoms with E-state index >= 15 is 0 Å². The number of para-hydroxylation sites is 3. The Hall–Kier alpha value is -3.04. The lowest BCUT2D eigenvalue weighted by molar-refractivity contribution is -0.385. The molecule has 1 aliphatic heterocycles. The van der Waals surface area contributed by atoms with E-state index in [1.165, 1.54) is 17.4 Å². The summed E-state index contributed by atoms with van der Waals surface area (Å²) in [4.78, 5) is 13.5. The molecule has 2 heterocycles. The molecule has 3 aromatic rings. The highest BCUT2D eigenvalue weighted by atomic mass is 32.2. The van der Waals surface area contributed by atoms with Crippen molar-refractivity contribution in [1.29, 1.82) is 0 Å². The van der Waals surface area contributed by atoms with Crippen LogP contribution in [0.3, 0.4) is 0 Å². The summed E-state index contributed by atoms with van der Waals surface area (Å²) in [5, 5.41) is 21.6. The quantitative estimate of drug-likeness (QED) is 0.130. The van der Waals surface area contributed by atoms with Crippen LogP contribution < -0.4 is 9.64 Å². The van der Waals surface area contributed by atoms with Gasteiger partial charge in [-0.25, -0.2) is 0 Å². The lowest BCUT2D eigenvalue weighted by Gasteiger charge is -2.16. The van der Waals surface area contributed by atoms with Crippen molar-refractivity contribution in [2.24, 2.45) is 0 Å². The third-order valence-electron chi connectivity index (χ3n) is 5.05. The molecule has 0 aliphatic carbocycles. The highest BCUT2D eigenvalue weighted by Gasteiger charge is 2.25. The number of fused-ring (bicyclic) bond motifs is 1. The average Bonchev–Trinajstić information content (AvgIpc) is 3.30. The van der Waals surface area contributed by atoms with E-state index in [2.05, 4.69) is 5.73 Å². The molecule has 33 heavy (non-hydrogen) atoms. The van der Waals surface area contributed by atoms with E-state index in [1.54, 1.807) is 34.5 Å². The predicted molar refractivity (Wildman–Crippen MR) is 136 cm³/mol. The number of nitro groups is 1. The second-order valence-electron chi connectivity index (χ2n) is 7.05. The number of thiazole rings is 1. The first-order valence-corrected chi connectivity index (χ1v) is 12.6. The minimum atomic E-state index is -0.345. The van der Waals surface area contributed by atoms with Crippen LogP contribution in [0.1, 0.15) is 17.4 Å². The summed E-state index contributed by atoms with van der Waals surface area (Å²) in [6.45, 7) is 3.15. The van der Waals surface area contributed by atoms with Crippen LogP contribution in [0.2, 0.25) is 0 Å². The molecule has 0 atom stereocenters. The molecule has 4 rings (SSSR count). The molecule has 1 aliphatic rings. The Bertz CT molecular complexity index is 1310. The zero-order valence-electron chi connectivity index (χ0n) is 17.8. The molecule has 0 amide bonds. The fourth-order valence-electron chi connectivity index (χ4n) is 3.43. The van der Waals surface area contributed by atoms with E-state index in [9.17, 15) is 15.2 Å². The molecule has 170 valence electrons. The first-order valence-electron chi connectivity index (χ1n) is 10.2. The number of ether oxygens (including phenoxy) is 1. The molecule has 0 fully saturated rings. The van der Waals surface area contributed by atoms with Crippen molar-refractivity contribution in [2.45, 2.75) is 19.2 Å². The van der Waals surface area contributed by atoms with Gasteiger partial charge in [-0.2, -0.15) is 11.8 Å². The van der Waals surface area contributed by atoms with Crippen molar-refractivity contribution in [3.05, 3.63) is 84.7 Å². The number of nitrogens with zero attached hydrogens (tertiary/aromatic N) is 3. The van der Waals surface area contributed by atoms with Crippen molar-refractivity contribution in [3.63, 3.8) is 0 Å². The zero-order chi connectivity index (χ0) is 23.4. The highest BCUT2D eigenvalue weighted by molar-refractivity contribution is 7.98. The molecule has 1 aromatic heterocycles. The van der Waals surface area contributed by atoms with Crippen LogP contribution in [-0.4, -0.2) is 26.9 Å². The van der Waals surface area contributed by atoms with Crippen molar-refractivity contribution in [2.75, 3.05) is 17.2 Å². The smallest absolute Gasteiger partial charge is 0.273 e. The van der Waals surface area contributed by atoms with Crippen molar-refractivity contribution >= 4 is 52.8 Å². The van der Waals surface area contributed by atoms with Gasteiger partial charge in [-0.1, -0.05) is 36.1 Å². The number of hydrogen-bond donors (Lipinski definition) is 1. The normalized spacial score (nSPS) is 12.3. The molecular weight excluding hydrogens is 478 g/mol. The molecule has 0 unspecified atom stereocenters. The number of benzene rings is 2. The molecule has 7 nitrogen and oxygen atoms in total. The number of aromatic hydroxyl groups is 1. The summed E-state index contributed by atoms with van der Waals surface area (Å²) in [6.07, 6.45) is 1.69. The Balaban J connectivity index is 1.52. The van der Waals surface area contributed by atoms with E-state index in [1.807, 2.05) is 42.2 Å². The van der Waals surface area contributed by atoms with Crippen molar-refractivity contribution in [3.8, 4) is 11.6 Å². The first kappa shape index (κ1) is 23.1. The molecule has 0 bridgehead atoms. The van der Waals surface area contributed by atoms with E-state index in [-0.39, 0.29) is 16.5 Å². The van der Waals surface area contributed by atoms with Gasteiger partial charge in [0, 0.05) is 42.3 Å². The monoisotopic (exact) mass is 499 g/mol. The van der Waals surface area contributed by atoms with E-state index in [0.29, 0.717) is 39.1 Å². The Kier molecular flexibility index (Phi) is 7.20. The largest absolute Gasteiger partial charge is 0.493 e. The van der Waals surface area contributed by atoms with Gasteiger partial charge in [-0.15, -0.1) is 11.3 Å². The van der Waals surface area contributed by atoms with Crippen LogP contribution in [0.15, 0.2) is 60.1 Å².